The molecule has 0 aliphatic heterocycles. The Balaban J connectivity index is 1.85. The number of aromatic amines is 1. The molecule has 0 spiro atoms. The summed E-state index contributed by atoms with van der Waals surface area (Å²) in [5, 5.41) is 23.2. The summed E-state index contributed by atoms with van der Waals surface area (Å²) < 4.78 is 37.3. The van der Waals surface area contributed by atoms with Gasteiger partial charge in [-0.15, -0.1) is 0 Å². The van der Waals surface area contributed by atoms with Crippen LogP contribution in [0.25, 0.3) is 21.9 Å². The molecule has 0 fully saturated rings. The van der Waals surface area contributed by atoms with Gasteiger partial charge in [-0.25, -0.2) is 13.4 Å². The molecule has 10 heteroatoms. The number of nitriles is 1. The van der Waals surface area contributed by atoms with E-state index >= 15 is 0 Å². The van der Waals surface area contributed by atoms with Crippen LogP contribution in [0.2, 0.25) is 25.7 Å². The van der Waals surface area contributed by atoms with Gasteiger partial charge in [-0.3, -0.25) is 0 Å². The highest BCUT2D eigenvalue weighted by Gasteiger charge is 2.52. The zero-order chi connectivity index (χ0) is 30.4. The zero-order valence-corrected chi connectivity index (χ0v) is 26.6. The molecule has 0 amide bonds. The Hall–Kier alpha value is -3.75. The monoisotopic (exact) mass is 600 g/mol. The van der Waals surface area contributed by atoms with Crippen LogP contribution in [-0.2, 0) is 26.2 Å². The van der Waals surface area contributed by atoms with E-state index in [-0.39, 0.29) is 23.0 Å². The number of benzene rings is 3. The Morgan fingerprint density at radius 2 is 1.76 bits per heavy atom. The number of fused-ring (bicyclic) bond motifs is 2. The van der Waals surface area contributed by atoms with Crippen LogP contribution in [-0.4, -0.2) is 42.7 Å². The summed E-state index contributed by atoms with van der Waals surface area (Å²) >= 11 is 0. The number of H-pyrrole nitrogens is 1. The fourth-order valence-corrected chi connectivity index (χ4v) is 7.93. The van der Waals surface area contributed by atoms with Gasteiger partial charge in [0.15, 0.2) is 5.82 Å². The second-order valence-corrected chi connectivity index (χ2v) is 19.8. The maximum absolute atomic E-state index is 14.8. The Labute approximate surface area is 247 Å². The topological polar surface area (TPSA) is 121 Å². The molecule has 1 atom stereocenters. The molecule has 0 saturated carbocycles. The summed E-state index contributed by atoms with van der Waals surface area (Å²) in [6, 6.07) is 18.1. The van der Waals surface area contributed by atoms with E-state index in [1.165, 1.54) is 12.1 Å². The third kappa shape index (κ3) is 5.07. The molecule has 42 heavy (non-hydrogen) atoms. The first-order valence-electron chi connectivity index (χ1n) is 13.9. The van der Waals surface area contributed by atoms with Crippen molar-refractivity contribution < 1.29 is 18.3 Å². The molecule has 0 aliphatic rings. The Morgan fingerprint density at radius 3 is 2.43 bits per heavy atom. The minimum atomic E-state index is -4.52. The molecule has 8 nitrogen and oxygen atoms in total. The van der Waals surface area contributed by atoms with Gasteiger partial charge < -0.3 is 19.4 Å². The minimum Gasteiger partial charge on any atom is -0.365 e. The van der Waals surface area contributed by atoms with Crippen molar-refractivity contribution in [2.45, 2.75) is 63.0 Å². The average Bonchev–Trinajstić information content (AvgIpc) is 3.56. The average molecular weight is 601 g/mol. The second kappa shape index (κ2) is 10.8. The van der Waals surface area contributed by atoms with Crippen LogP contribution in [0.5, 0.6) is 0 Å². The lowest BCUT2D eigenvalue weighted by Gasteiger charge is -2.31. The van der Waals surface area contributed by atoms with Gasteiger partial charge in [0.1, 0.15) is 6.73 Å². The summed E-state index contributed by atoms with van der Waals surface area (Å²) in [5.74, 6) is -0.0874. The molecule has 0 radical (unpaired) electrons. The quantitative estimate of drug-likeness (QED) is 0.151. The summed E-state index contributed by atoms with van der Waals surface area (Å²) in [6.07, 6.45) is 1.74. The van der Waals surface area contributed by atoms with E-state index in [9.17, 15) is 18.8 Å². The molecule has 0 bridgehead atoms. The number of nitrogens with one attached hydrogen (secondary N) is 1. The van der Waals surface area contributed by atoms with Gasteiger partial charge in [-0.1, -0.05) is 43.4 Å². The predicted octanol–water partition coefficient (Wildman–Crippen LogP) is 6.29. The van der Waals surface area contributed by atoms with E-state index in [2.05, 4.69) is 30.7 Å². The summed E-state index contributed by atoms with van der Waals surface area (Å²) in [5.41, 5.74) is 4.72. The Kier molecular flexibility index (Phi) is 7.66. The zero-order valence-electron chi connectivity index (χ0n) is 24.8. The van der Waals surface area contributed by atoms with Crippen molar-refractivity contribution in [1.82, 2.24) is 14.5 Å². The normalized spacial score (nSPS) is 13.9. The van der Waals surface area contributed by atoms with Crippen molar-refractivity contribution >= 4 is 39.8 Å². The van der Waals surface area contributed by atoms with E-state index < -0.39 is 22.8 Å². The SMILES string of the molecule is Cc1ccc(S(=O)(=O)C(O)(c2c(C)cc(C)c3[nH]ccc23)c2nc3ccc(C#N)cc3n2COCC[Si](C)(C)C)cc1. The van der Waals surface area contributed by atoms with E-state index in [1.54, 1.807) is 54.1 Å². The molecule has 2 aromatic heterocycles. The van der Waals surface area contributed by atoms with Crippen molar-refractivity contribution in [1.29, 1.82) is 5.26 Å². The van der Waals surface area contributed by atoms with E-state index in [0.717, 1.165) is 22.7 Å². The molecule has 1 unspecified atom stereocenters. The number of aryl methyl sites for hydroxylation is 3. The van der Waals surface area contributed by atoms with Crippen LogP contribution >= 0.6 is 0 Å². The van der Waals surface area contributed by atoms with Crippen LogP contribution in [0.3, 0.4) is 0 Å². The number of sulfone groups is 1. The molecule has 218 valence electrons. The highest BCUT2D eigenvalue weighted by molar-refractivity contribution is 7.92. The molecule has 3 aromatic carbocycles. The summed E-state index contributed by atoms with van der Waals surface area (Å²) in [6.45, 7) is 12.8. The smallest absolute Gasteiger partial charge is 0.256 e. The maximum atomic E-state index is 14.8. The number of rotatable bonds is 9. The molecule has 5 rings (SSSR count). The van der Waals surface area contributed by atoms with Gasteiger partial charge in [0.2, 0.25) is 9.84 Å². The summed E-state index contributed by atoms with van der Waals surface area (Å²) in [7, 11) is -5.93. The lowest BCUT2D eigenvalue weighted by molar-refractivity contribution is 0.0761. The van der Waals surface area contributed by atoms with Crippen molar-refractivity contribution in [3.63, 3.8) is 0 Å². The van der Waals surface area contributed by atoms with Crippen LogP contribution in [0.4, 0.5) is 0 Å². The first kappa shape index (κ1) is 29.7. The van der Waals surface area contributed by atoms with Crippen molar-refractivity contribution in [3.05, 3.63) is 94.4 Å². The number of hydrogen-bond donors (Lipinski definition) is 2. The standard InChI is InChI=1S/C32H36N4O4SSi/c1-21-7-10-25(11-8-21)41(38,39)32(37,29-22(2)17-23(3)30-26(29)13-14-34-30)31-35-27-12-9-24(19-33)18-28(27)36(31)20-40-15-16-42(4,5)6/h7-14,17-18,34,37H,15-16,20H2,1-6H3. The van der Waals surface area contributed by atoms with Crippen molar-refractivity contribution in [2.24, 2.45) is 0 Å². The Morgan fingerprint density at radius 1 is 1.05 bits per heavy atom. The molecule has 5 aromatic rings. The molecule has 0 aliphatic carbocycles. The largest absolute Gasteiger partial charge is 0.365 e. The number of imidazole rings is 1. The van der Waals surface area contributed by atoms with Gasteiger partial charge in [0, 0.05) is 37.3 Å². The molecule has 2 N–H and O–H groups in total. The van der Waals surface area contributed by atoms with E-state index in [1.807, 2.05) is 19.9 Å². The first-order chi connectivity index (χ1) is 19.8. The number of hydrogen-bond acceptors (Lipinski definition) is 6. The maximum Gasteiger partial charge on any atom is 0.256 e. The van der Waals surface area contributed by atoms with Gasteiger partial charge in [0.05, 0.1) is 27.6 Å². The third-order valence-electron chi connectivity index (χ3n) is 7.69. The van der Waals surface area contributed by atoms with Crippen molar-refractivity contribution in [2.75, 3.05) is 6.61 Å². The van der Waals surface area contributed by atoms with E-state index in [0.29, 0.717) is 34.2 Å². The minimum absolute atomic E-state index is 0.0322. The van der Waals surface area contributed by atoms with Crippen LogP contribution in [0.15, 0.2) is 65.7 Å². The second-order valence-electron chi connectivity index (χ2n) is 12.1. The van der Waals surface area contributed by atoms with Crippen LogP contribution in [0, 0.1) is 32.1 Å². The summed E-state index contributed by atoms with van der Waals surface area (Å²) in [4.78, 5) is 5.34. The number of ether oxygens (including phenoxy) is 1. The lowest BCUT2D eigenvalue weighted by atomic mass is 9.95. The predicted molar refractivity (Wildman–Crippen MR) is 168 cm³/mol. The van der Waals surface area contributed by atoms with E-state index in [4.69, 9.17) is 9.72 Å². The van der Waals surface area contributed by atoms with Crippen LogP contribution < -0.4 is 0 Å². The van der Waals surface area contributed by atoms with Crippen LogP contribution in [0.1, 0.15) is 33.6 Å². The molecule has 0 saturated heterocycles. The van der Waals surface area contributed by atoms with Gasteiger partial charge in [-0.2, -0.15) is 5.26 Å². The molecular formula is C32H36N4O4SSi. The number of aliphatic hydroxyl groups is 1. The lowest BCUT2D eigenvalue weighted by Crippen LogP contribution is -2.41. The third-order valence-corrected chi connectivity index (χ3v) is 11.5. The van der Waals surface area contributed by atoms with Gasteiger partial charge in [0.25, 0.3) is 4.93 Å². The highest BCUT2D eigenvalue weighted by atomic mass is 32.2. The Bertz CT molecular complexity index is 1950. The highest BCUT2D eigenvalue weighted by Crippen LogP contribution is 2.45. The number of nitrogens with zero attached hydrogens (tertiary/aromatic N) is 3. The van der Waals surface area contributed by atoms with Gasteiger partial charge in [-0.05, 0) is 74.3 Å². The number of aromatic nitrogens is 3. The first-order valence-corrected chi connectivity index (χ1v) is 19.1. The van der Waals surface area contributed by atoms with Crippen molar-refractivity contribution in [3.8, 4) is 6.07 Å². The fraction of sp³-hybridized carbons (Fsp3) is 0.312. The fourth-order valence-electron chi connectivity index (χ4n) is 5.41. The van der Waals surface area contributed by atoms with Gasteiger partial charge >= 0.3 is 0 Å². The molecule has 2 heterocycles. The molecular weight excluding hydrogens is 565 g/mol.